The standard InChI is InChI=1S/C25H22FN3O6S2/c1-2-36(31,32)28-11-10-20(14-28)18-8-9-19-13-22(35-16-17-6-4-3-5-7-17)25(24(26)21(19)12-18)29-15-23(30)27-37(29,33)34/h2-10,12-13H,1,11,14-16H2,(H,27,30). The fourth-order valence-corrected chi connectivity index (χ4v) is 6.25. The number of benzene rings is 3. The van der Waals surface area contributed by atoms with E-state index in [1.54, 1.807) is 18.2 Å². The first-order chi connectivity index (χ1) is 17.6. The van der Waals surface area contributed by atoms with Gasteiger partial charge in [-0.3, -0.25) is 4.79 Å². The molecule has 1 fully saturated rings. The number of carbonyl (C=O) groups excluding carboxylic acids is 1. The van der Waals surface area contributed by atoms with E-state index in [1.807, 2.05) is 35.1 Å². The number of halogens is 1. The highest BCUT2D eigenvalue weighted by atomic mass is 32.2. The lowest BCUT2D eigenvalue weighted by Crippen LogP contribution is -2.30. The van der Waals surface area contributed by atoms with Crippen molar-refractivity contribution in [3.05, 3.63) is 89.6 Å². The number of sulfonamides is 1. The van der Waals surface area contributed by atoms with Crippen LogP contribution in [0.3, 0.4) is 0 Å². The number of anilines is 1. The van der Waals surface area contributed by atoms with Gasteiger partial charge in [0, 0.05) is 23.9 Å². The number of hydrogen-bond donors (Lipinski definition) is 1. The monoisotopic (exact) mass is 543 g/mol. The molecule has 0 saturated carbocycles. The predicted octanol–water partition coefficient (Wildman–Crippen LogP) is 2.91. The van der Waals surface area contributed by atoms with Crippen molar-refractivity contribution >= 4 is 48.2 Å². The number of rotatable bonds is 7. The Bertz CT molecular complexity index is 1670. The van der Waals surface area contributed by atoms with E-state index in [1.165, 1.54) is 16.4 Å². The molecule has 0 bridgehead atoms. The van der Waals surface area contributed by atoms with Gasteiger partial charge in [-0.2, -0.15) is 12.7 Å². The van der Waals surface area contributed by atoms with Crippen LogP contribution >= 0.6 is 0 Å². The summed E-state index contributed by atoms with van der Waals surface area (Å²) in [7, 11) is -7.94. The highest BCUT2D eigenvalue weighted by molar-refractivity contribution is 7.92. The summed E-state index contributed by atoms with van der Waals surface area (Å²) in [5.74, 6) is -1.71. The summed E-state index contributed by atoms with van der Waals surface area (Å²) in [6.45, 7) is 3.04. The smallest absolute Gasteiger partial charge is 0.326 e. The summed E-state index contributed by atoms with van der Waals surface area (Å²) < 4.78 is 75.2. The molecule has 12 heteroatoms. The van der Waals surface area contributed by atoms with Crippen LogP contribution in [0.25, 0.3) is 16.3 Å². The Hall–Kier alpha value is -3.74. The number of amides is 1. The molecule has 0 radical (unpaired) electrons. The van der Waals surface area contributed by atoms with Crippen molar-refractivity contribution in [1.82, 2.24) is 9.03 Å². The first-order valence-corrected chi connectivity index (χ1v) is 14.1. The molecule has 9 nitrogen and oxygen atoms in total. The van der Waals surface area contributed by atoms with E-state index in [-0.39, 0.29) is 36.5 Å². The van der Waals surface area contributed by atoms with Crippen molar-refractivity contribution in [3.8, 4) is 5.75 Å². The van der Waals surface area contributed by atoms with Crippen molar-refractivity contribution in [3.63, 3.8) is 0 Å². The lowest BCUT2D eigenvalue weighted by molar-refractivity contribution is -0.117. The maximum absolute atomic E-state index is 16.1. The largest absolute Gasteiger partial charge is 0.487 e. The summed E-state index contributed by atoms with van der Waals surface area (Å²) in [5, 5.41) is 1.41. The molecule has 1 amide bonds. The van der Waals surface area contributed by atoms with Crippen LogP contribution < -0.4 is 13.8 Å². The number of nitrogens with one attached hydrogen (secondary N) is 1. The number of ether oxygens (including phenoxy) is 1. The van der Waals surface area contributed by atoms with E-state index in [2.05, 4.69) is 6.58 Å². The van der Waals surface area contributed by atoms with Gasteiger partial charge in [0.15, 0.2) is 5.82 Å². The van der Waals surface area contributed by atoms with E-state index in [9.17, 15) is 21.6 Å². The van der Waals surface area contributed by atoms with Crippen LogP contribution in [-0.2, 0) is 31.6 Å². The predicted molar refractivity (Wildman–Crippen MR) is 138 cm³/mol. The fourth-order valence-electron chi connectivity index (χ4n) is 4.28. The van der Waals surface area contributed by atoms with Gasteiger partial charge in [-0.05, 0) is 34.2 Å². The van der Waals surface area contributed by atoms with Gasteiger partial charge in [-0.15, -0.1) is 0 Å². The van der Waals surface area contributed by atoms with E-state index in [4.69, 9.17) is 4.74 Å². The molecule has 2 aliphatic heterocycles. The molecule has 1 saturated heterocycles. The molecular formula is C25H22FN3O6S2. The first kappa shape index (κ1) is 24.9. The van der Waals surface area contributed by atoms with Gasteiger partial charge in [-0.1, -0.05) is 55.1 Å². The lowest BCUT2D eigenvalue weighted by atomic mass is 10.0. The van der Waals surface area contributed by atoms with Crippen molar-refractivity contribution in [1.29, 1.82) is 0 Å². The third-order valence-corrected chi connectivity index (χ3v) is 8.95. The summed E-state index contributed by atoms with van der Waals surface area (Å²) in [6.07, 6.45) is 1.73. The molecule has 0 unspecified atom stereocenters. The van der Waals surface area contributed by atoms with E-state index >= 15 is 4.39 Å². The summed E-state index contributed by atoms with van der Waals surface area (Å²) in [5.41, 5.74) is 1.66. The molecule has 1 N–H and O–H groups in total. The molecule has 37 heavy (non-hydrogen) atoms. The zero-order chi connectivity index (χ0) is 26.4. The van der Waals surface area contributed by atoms with Crippen LogP contribution in [0.2, 0.25) is 0 Å². The van der Waals surface area contributed by atoms with Crippen molar-refractivity contribution in [2.45, 2.75) is 6.61 Å². The van der Waals surface area contributed by atoms with Crippen LogP contribution in [0, 0.1) is 5.82 Å². The van der Waals surface area contributed by atoms with E-state index in [0.29, 0.717) is 20.8 Å². The third kappa shape index (κ3) is 4.70. The second-order valence-corrected chi connectivity index (χ2v) is 12.0. The van der Waals surface area contributed by atoms with Crippen molar-refractivity contribution in [2.75, 3.05) is 23.9 Å². The molecule has 192 valence electrons. The summed E-state index contributed by atoms with van der Waals surface area (Å²) in [6, 6.07) is 15.5. The van der Waals surface area contributed by atoms with Gasteiger partial charge < -0.3 is 4.74 Å². The normalized spacial score (nSPS) is 17.6. The first-order valence-electron chi connectivity index (χ1n) is 11.2. The summed E-state index contributed by atoms with van der Waals surface area (Å²) >= 11 is 0. The average molecular weight is 544 g/mol. The molecule has 3 aromatic carbocycles. The van der Waals surface area contributed by atoms with Crippen LogP contribution in [0.5, 0.6) is 5.75 Å². The van der Waals surface area contributed by atoms with Crippen molar-refractivity contribution in [2.24, 2.45) is 0 Å². The van der Waals surface area contributed by atoms with Gasteiger partial charge in [0.05, 0.1) is 0 Å². The Balaban J connectivity index is 1.58. The van der Waals surface area contributed by atoms with E-state index in [0.717, 1.165) is 11.0 Å². The number of nitrogens with zero attached hydrogens (tertiary/aromatic N) is 2. The zero-order valence-corrected chi connectivity index (χ0v) is 21.1. The lowest BCUT2D eigenvalue weighted by Gasteiger charge is -2.21. The van der Waals surface area contributed by atoms with Crippen molar-refractivity contribution < 1.29 is 30.8 Å². The Morgan fingerprint density at radius 3 is 2.54 bits per heavy atom. The Kier molecular flexibility index (Phi) is 6.26. The quantitative estimate of drug-likeness (QED) is 0.490. The van der Waals surface area contributed by atoms with Crippen LogP contribution in [-0.4, -0.2) is 46.7 Å². The molecular weight excluding hydrogens is 521 g/mol. The Labute approximate surface area is 213 Å². The maximum atomic E-state index is 16.1. The topological polar surface area (TPSA) is 113 Å². The minimum absolute atomic E-state index is 0.0370. The number of hydrogen-bond acceptors (Lipinski definition) is 6. The fraction of sp³-hybridized carbons (Fsp3) is 0.160. The minimum Gasteiger partial charge on any atom is -0.487 e. The Morgan fingerprint density at radius 2 is 1.86 bits per heavy atom. The van der Waals surface area contributed by atoms with Gasteiger partial charge in [0.25, 0.3) is 5.91 Å². The second kappa shape index (κ2) is 9.29. The maximum Gasteiger partial charge on any atom is 0.326 e. The molecule has 3 aromatic rings. The van der Waals surface area contributed by atoms with Crippen LogP contribution in [0.1, 0.15) is 11.1 Å². The molecule has 2 heterocycles. The second-order valence-electron chi connectivity index (χ2n) is 8.52. The number of fused-ring (bicyclic) bond motifs is 1. The van der Waals surface area contributed by atoms with Gasteiger partial charge in [-0.25, -0.2) is 21.8 Å². The minimum atomic E-state index is -4.32. The average Bonchev–Trinajstić information content (AvgIpc) is 3.48. The molecule has 5 rings (SSSR count). The highest BCUT2D eigenvalue weighted by Crippen LogP contribution is 2.40. The SMILES string of the molecule is C=CS(=O)(=O)N1CC=C(c2ccc3cc(OCc4ccccc4)c(N4CC(=O)NS4(=O)=O)c(F)c3c2)C1. The van der Waals surface area contributed by atoms with Gasteiger partial charge in [0.2, 0.25) is 10.0 Å². The Morgan fingerprint density at radius 1 is 1.11 bits per heavy atom. The van der Waals surface area contributed by atoms with Gasteiger partial charge >= 0.3 is 10.2 Å². The molecule has 2 aliphatic rings. The highest BCUT2D eigenvalue weighted by Gasteiger charge is 2.38. The molecule has 0 atom stereocenters. The molecule has 0 aromatic heterocycles. The number of carbonyl (C=O) groups is 1. The molecule has 0 spiro atoms. The van der Waals surface area contributed by atoms with Crippen LogP contribution in [0.15, 0.2) is 72.7 Å². The third-order valence-electron chi connectivity index (χ3n) is 6.15. The summed E-state index contributed by atoms with van der Waals surface area (Å²) in [4.78, 5) is 11.9. The zero-order valence-electron chi connectivity index (χ0n) is 19.4. The van der Waals surface area contributed by atoms with Crippen LogP contribution in [0.4, 0.5) is 10.1 Å². The van der Waals surface area contributed by atoms with Gasteiger partial charge in [0.1, 0.15) is 24.6 Å². The molecule has 0 aliphatic carbocycles. The van der Waals surface area contributed by atoms with E-state index < -0.39 is 38.5 Å².